The van der Waals surface area contributed by atoms with Gasteiger partial charge >= 0.3 is 0 Å². The molecule has 2 saturated heterocycles. The Bertz CT molecular complexity index is 1210. The Balaban J connectivity index is 1.27. The van der Waals surface area contributed by atoms with Crippen molar-refractivity contribution in [2.24, 2.45) is 5.92 Å². The number of rotatable bonds is 11. The van der Waals surface area contributed by atoms with E-state index in [2.05, 4.69) is 82.7 Å². The maximum atomic E-state index is 13.5. The topological polar surface area (TPSA) is 55.8 Å². The van der Waals surface area contributed by atoms with E-state index in [-0.39, 0.29) is 17.2 Å². The number of piperidine rings is 2. The molecular formula is C36H46ClN3O2. The Morgan fingerprint density at radius 2 is 1.45 bits per heavy atom. The van der Waals surface area contributed by atoms with Crippen LogP contribution in [0.4, 0.5) is 0 Å². The Morgan fingerprint density at radius 3 is 2.00 bits per heavy atom. The highest BCUT2D eigenvalue weighted by atomic mass is 35.5. The number of nitrogens with one attached hydrogen (secondary N) is 1. The highest BCUT2D eigenvalue weighted by molar-refractivity contribution is 6.30. The molecule has 2 aliphatic rings. The van der Waals surface area contributed by atoms with Crippen molar-refractivity contribution >= 4 is 17.5 Å². The summed E-state index contributed by atoms with van der Waals surface area (Å²) in [6, 6.07) is 29.0. The number of hydrogen-bond acceptors (Lipinski definition) is 4. The van der Waals surface area contributed by atoms with Crippen molar-refractivity contribution < 1.29 is 9.90 Å². The van der Waals surface area contributed by atoms with E-state index in [4.69, 9.17) is 11.6 Å². The number of aliphatic hydroxyl groups is 1. The number of benzene rings is 3. The normalized spacial score (nSPS) is 18.5. The molecule has 2 N–H and O–H groups in total. The molecule has 2 aliphatic heterocycles. The molecule has 0 atom stereocenters. The quantitative estimate of drug-likeness (QED) is 0.279. The van der Waals surface area contributed by atoms with Crippen LogP contribution in [0.2, 0.25) is 5.02 Å². The van der Waals surface area contributed by atoms with Gasteiger partial charge in [0.25, 0.3) is 0 Å². The van der Waals surface area contributed by atoms with Gasteiger partial charge in [0, 0.05) is 36.0 Å². The molecule has 0 aliphatic carbocycles. The monoisotopic (exact) mass is 587 g/mol. The van der Waals surface area contributed by atoms with Gasteiger partial charge in [0.15, 0.2) is 0 Å². The summed E-state index contributed by atoms with van der Waals surface area (Å²) < 4.78 is 0. The van der Waals surface area contributed by atoms with E-state index in [1.807, 2.05) is 24.3 Å². The van der Waals surface area contributed by atoms with Crippen LogP contribution in [0.5, 0.6) is 0 Å². The van der Waals surface area contributed by atoms with Gasteiger partial charge < -0.3 is 20.2 Å². The Kier molecular flexibility index (Phi) is 10.4. The molecule has 5 rings (SSSR count). The van der Waals surface area contributed by atoms with Crippen LogP contribution in [0.25, 0.3) is 0 Å². The molecule has 1 amide bonds. The summed E-state index contributed by atoms with van der Waals surface area (Å²) >= 11 is 6.08. The average Bonchev–Trinajstić information content (AvgIpc) is 3.04. The molecule has 2 heterocycles. The SMILES string of the molecule is CCN1CCC(C(=O)NCC(CCCN2CCC(O)(c3ccc(Cl)cc3)CC2)(c2ccccc2)c2ccccc2)CC1. The van der Waals surface area contributed by atoms with Crippen molar-refractivity contribution in [2.75, 3.05) is 45.8 Å². The van der Waals surface area contributed by atoms with Crippen molar-refractivity contribution in [3.63, 3.8) is 0 Å². The number of nitrogens with zero attached hydrogens (tertiary/aromatic N) is 2. The molecule has 0 unspecified atom stereocenters. The van der Waals surface area contributed by atoms with Crippen LogP contribution in [-0.4, -0.2) is 66.6 Å². The average molecular weight is 588 g/mol. The third kappa shape index (κ3) is 7.26. The number of carbonyl (C=O) groups is 1. The van der Waals surface area contributed by atoms with Crippen LogP contribution in [0.15, 0.2) is 84.9 Å². The maximum absolute atomic E-state index is 13.5. The van der Waals surface area contributed by atoms with Gasteiger partial charge in [-0.05, 0) is 93.5 Å². The fourth-order valence-electron chi connectivity index (χ4n) is 6.96. The summed E-state index contributed by atoms with van der Waals surface area (Å²) in [5, 5.41) is 15.5. The fraction of sp³-hybridized carbons (Fsp3) is 0.472. The molecular weight excluding hydrogens is 542 g/mol. The van der Waals surface area contributed by atoms with Gasteiger partial charge in [-0.25, -0.2) is 0 Å². The van der Waals surface area contributed by atoms with E-state index in [1.54, 1.807) is 0 Å². The number of hydrogen-bond donors (Lipinski definition) is 2. The molecule has 5 nitrogen and oxygen atoms in total. The van der Waals surface area contributed by atoms with E-state index in [0.29, 0.717) is 24.4 Å². The van der Waals surface area contributed by atoms with E-state index < -0.39 is 5.60 Å². The molecule has 0 saturated carbocycles. The number of carbonyl (C=O) groups excluding carboxylic acids is 1. The van der Waals surface area contributed by atoms with Crippen LogP contribution in [0.3, 0.4) is 0 Å². The highest BCUT2D eigenvalue weighted by Gasteiger charge is 2.37. The molecule has 0 aromatic heterocycles. The molecule has 6 heteroatoms. The number of likely N-dealkylation sites (tertiary alicyclic amines) is 2. The maximum Gasteiger partial charge on any atom is 0.223 e. The minimum atomic E-state index is -0.795. The smallest absolute Gasteiger partial charge is 0.223 e. The third-order valence-electron chi connectivity index (χ3n) is 9.77. The van der Waals surface area contributed by atoms with Crippen molar-refractivity contribution in [1.29, 1.82) is 0 Å². The first-order chi connectivity index (χ1) is 20.4. The zero-order chi connectivity index (χ0) is 29.4. The van der Waals surface area contributed by atoms with Gasteiger partial charge in [0.1, 0.15) is 0 Å². The van der Waals surface area contributed by atoms with Crippen LogP contribution in [0, 0.1) is 5.92 Å². The Morgan fingerprint density at radius 1 is 0.881 bits per heavy atom. The first kappa shape index (κ1) is 30.7. The van der Waals surface area contributed by atoms with Crippen molar-refractivity contribution in [2.45, 2.75) is 56.5 Å². The predicted molar refractivity (Wildman–Crippen MR) is 172 cm³/mol. The second-order valence-corrected chi connectivity index (χ2v) is 12.7. The molecule has 0 spiro atoms. The summed E-state index contributed by atoms with van der Waals surface area (Å²) in [7, 11) is 0. The first-order valence-corrected chi connectivity index (χ1v) is 16.1. The second kappa shape index (κ2) is 14.2. The van der Waals surface area contributed by atoms with E-state index >= 15 is 0 Å². The molecule has 0 radical (unpaired) electrons. The van der Waals surface area contributed by atoms with Gasteiger partial charge in [0.05, 0.1) is 5.60 Å². The predicted octanol–water partition coefficient (Wildman–Crippen LogP) is 6.24. The summed E-state index contributed by atoms with van der Waals surface area (Å²) in [6.45, 7) is 8.51. The number of halogens is 1. The third-order valence-corrected chi connectivity index (χ3v) is 10.0. The molecule has 3 aromatic rings. The zero-order valence-electron chi connectivity index (χ0n) is 25.0. The molecule has 3 aromatic carbocycles. The van der Waals surface area contributed by atoms with Gasteiger partial charge in [-0.3, -0.25) is 4.79 Å². The fourth-order valence-corrected chi connectivity index (χ4v) is 7.08. The van der Waals surface area contributed by atoms with Crippen molar-refractivity contribution in [1.82, 2.24) is 15.1 Å². The molecule has 42 heavy (non-hydrogen) atoms. The molecule has 0 bridgehead atoms. The minimum Gasteiger partial charge on any atom is -0.385 e. The summed E-state index contributed by atoms with van der Waals surface area (Å²) in [5.41, 5.74) is 2.33. The van der Waals surface area contributed by atoms with E-state index in [9.17, 15) is 9.90 Å². The van der Waals surface area contributed by atoms with Gasteiger partial charge in [0.2, 0.25) is 5.91 Å². The van der Waals surface area contributed by atoms with Crippen LogP contribution in [-0.2, 0) is 15.8 Å². The van der Waals surface area contributed by atoms with E-state index in [0.717, 1.165) is 70.5 Å². The van der Waals surface area contributed by atoms with E-state index in [1.165, 1.54) is 11.1 Å². The largest absolute Gasteiger partial charge is 0.385 e. The molecule has 224 valence electrons. The Labute approximate surface area is 256 Å². The minimum absolute atomic E-state index is 0.0878. The van der Waals surface area contributed by atoms with Gasteiger partial charge in [-0.1, -0.05) is 91.3 Å². The van der Waals surface area contributed by atoms with Gasteiger partial charge in [-0.15, -0.1) is 0 Å². The van der Waals surface area contributed by atoms with Crippen LogP contribution >= 0.6 is 11.6 Å². The first-order valence-electron chi connectivity index (χ1n) is 15.7. The van der Waals surface area contributed by atoms with Crippen molar-refractivity contribution in [3.8, 4) is 0 Å². The second-order valence-electron chi connectivity index (χ2n) is 12.2. The highest BCUT2D eigenvalue weighted by Crippen LogP contribution is 2.38. The molecule has 2 fully saturated rings. The lowest BCUT2D eigenvalue weighted by molar-refractivity contribution is -0.126. The summed E-state index contributed by atoms with van der Waals surface area (Å²) in [6.07, 6.45) is 5.21. The summed E-state index contributed by atoms with van der Waals surface area (Å²) in [5.74, 6) is 0.282. The standard InChI is InChI=1S/C36H46ClN3O2/c1-2-39-24-18-29(19-25-39)34(41)38-28-35(30-10-5-3-6-11-30,31-12-7-4-8-13-31)20-9-23-40-26-21-36(42,22-27-40)32-14-16-33(37)17-15-32/h3-8,10-17,29,42H,2,9,18-28H2,1H3,(H,38,41). The Hall–Kier alpha value is -2.70. The zero-order valence-corrected chi connectivity index (χ0v) is 25.7. The summed E-state index contributed by atoms with van der Waals surface area (Å²) in [4.78, 5) is 18.4. The van der Waals surface area contributed by atoms with Crippen LogP contribution in [0.1, 0.15) is 62.1 Å². The lowest BCUT2D eigenvalue weighted by atomic mass is 9.71. The van der Waals surface area contributed by atoms with Crippen LogP contribution < -0.4 is 5.32 Å². The lowest BCUT2D eigenvalue weighted by Crippen LogP contribution is -2.46. The number of amides is 1. The lowest BCUT2D eigenvalue weighted by Gasteiger charge is -2.40. The van der Waals surface area contributed by atoms with Crippen molar-refractivity contribution in [3.05, 3.63) is 107 Å². The van der Waals surface area contributed by atoms with Gasteiger partial charge in [-0.2, -0.15) is 0 Å².